The van der Waals surface area contributed by atoms with Crippen LogP contribution in [0.25, 0.3) is 6.08 Å². The SMILES string of the molecule is COC(OC)[C@@H](C)[C@@H](O)/C=C/c1ccccc1. The number of aliphatic hydroxyl groups excluding tert-OH is 1. The zero-order valence-electron chi connectivity index (χ0n) is 10.5. The molecular weight excluding hydrogens is 216 g/mol. The quantitative estimate of drug-likeness (QED) is 0.770. The average molecular weight is 236 g/mol. The molecule has 0 radical (unpaired) electrons. The van der Waals surface area contributed by atoms with E-state index in [-0.39, 0.29) is 5.92 Å². The first kappa shape index (κ1) is 13.9. The number of aliphatic hydroxyl groups is 1. The van der Waals surface area contributed by atoms with E-state index in [9.17, 15) is 5.11 Å². The average Bonchev–Trinajstić information content (AvgIpc) is 2.38. The minimum absolute atomic E-state index is 0.120. The zero-order valence-corrected chi connectivity index (χ0v) is 10.5. The Hall–Kier alpha value is -1.16. The summed E-state index contributed by atoms with van der Waals surface area (Å²) >= 11 is 0. The summed E-state index contributed by atoms with van der Waals surface area (Å²) in [5, 5.41) is 9.96. The highest BCUT2D eigenvalue weighted by Gasteiger charge is 2.21. The molecule has 0 aliphatic heterocycles. The van der Waals surface area contributed by atoms with Gasteiger partial charge in [0, 0.05) is 20.1 Å². The molecule has 1 aromatic rings. The second-order valence-electron chi connectivity index (χ2n) is 3.96. The summed E-state index contributed by atoms with van der Waals surface area (Å²) < 4.78 is 10.2. The predicted molar refractivity (Wildman–Crippen MR) is 68.5 cm³/mol. The van der Waals surface area contributed by atoms with Gasteiger partial charge in [0.05, 0.1) is 6.10 Å². The molecule has 0 aliphatic rings. The van der Waals surface area contributed by atoms with Crippen LogP contribution in [-0.4, -0.2) is 31.7 Å². The van der Waals surface area contributed by atoms with Gasteiger partial charge in [-0.25, -0.2) is 0 Å². The van der Waals surface area contributed by atoms with Gasteiger partial charge in [0.25, 0.3) is 0 Å². The van der Waals surface area contributed by atoms with Crippen molar-refractivity contribution in [1.29, 1.82) is 0 Å². The Kier molecular flexibility index (Phi) is 5.91. The van der Waals surface area contributed by atoms with E-state index in [1.165, 1.54) is 0 Å². The summed E-state index contributed by atoms with van der Waals surface area (Å²) in [5.74, 6) is -0.120. The van der Waals surface area contributed by atoms with Gasteiger partial charge in [0.1, 0.15) is 0 Å². The first-order chi connectivity index (χ1) is 8.19. The van der Waals surface area contributed by atoms with E-state index in [1.807, 2.05) is 43.3 Å². The summed E-state index contributed by atoms with van der Waals surface area (Å²) in [4.78, 5) is 0. The minimum atomic E-state index is -0.597. The van der Waals surface area contributed by atoms with Crippen LogP contribution in [0.2, 0.25) is 0 Å². The molecule has 2 atom stereocenters. The molecule has 0 aliphatic carbocycles. The smallest absolute Gasteiger partial charge is 0.162 e. The number of hydrogen-bond acceptors (Lipinski definition) is 3. The van der Waals surface area contributed by atoms with E-state index in [2.05, 4.69) is 0 Å². The van der Waals surface area contributed by atoms with Gasteiger partial charge in [-0.05, 0) is 5.56 Å². The maximum absolute atomic E-state index is 9.96. The number of methoxy groups -OCH3 is 2. The number of ether oxygens (including phenoxy) is 2. The van der Waals surface area contributed by atoms with Crippen molar-refractivity contribution < 1.29 is 14.6 Å². The largest absolute Gasteiger partial charge is 0.389 e. The van der Waals surface area contributed by atoms with Crippen LogP contribution < -0.4 is 0 Å². The zero-order chi connectivity index (χ0) is 12.7. The fraction of sp³-hybridized carbons (Fsp3) is 0.429. The number of hydrogen-bond donors (Lipinski definition) is 1. The Morgan fingerprint density at radius 3 is 2.24 bits per heavy atom. The molecule has 1 rings (SSSR count). The van der Waals surface area contributed by atoms with Crippen LogP contribution >= 0.6 is 0 Å². The van der Waals surface area contributed by atoms with Gasteiger partial charge >= 0.3 is 0 Å². The van der Waals surface area contributed by atoms with Crippen LogP contribution in [0.1, 0.15) is 12.5 Å². The van der Waals surface area contributed by atoms with Crippen molar-refractivity contribution >= 4 is 6.08 Å². The van der Waals surface area contributed by atoms with Crippen LogP contribution in [0.5, 0.6) is 0 Å². The molecule has 1 aromatic carbocycles. The summed E-state index contributed by atoms with van der Waals surface area (Å²) in [6.45, 7) is 1.89. The standard InChI is InChI=1S/C14H20O3/c1-11(14(16-2)17-3)13(15)10-9-12-7-5-4-6-8-12/h4-11,13-15H,1-3H3/b10-9+/t11-,13-/m0/s1. The highest BCUT2D eigenvalue weighted by Crippen LogP contribution is 2.14. The Labute approximate surface area is 103 Å². The first-order valence-corrected chi connectivity index (χ1v) is 5.66. The van der Waals surface area contributed by atoms with Crippen LogP contribution in [-0.2, 0) is 9.47 Å². The van der Waals surface area contributed by atoms with Gasteiger partial charge in [0.2, 0.25) is 0 Å². The van der Waals surface area contributed by atoms with Crippen LogP contribution in [0.3, 0.4) is 0 Å². The molecule has 0 saturated carbocycles. The lowest BCUT2D eigenvalue weighted by Gasteiger charge is -2.23. The van der Waals surface area contributed by atoms with E-state index in [0.717, 1.165) is 5.56 Å². The molecule has 0 heterocycles. The molecule has 0 saturated heterocycles. The molecule has 0 bridgehead atoms. The Bertz CT molecular complexity index is 331. The van der Waals surface area contributed by atoms with Gasteiger partial charge in [-0.3, -0.25) is 0 Å². The summed E-state index contributed by atoms with van der Waals surface area (Å²) in [5.41, 5.74) is 1.06. The van der Waals surface area contributed by atoms with Crippen LogP contribution in [0, 0.1) is 5.92 Å². The molecule has 0 unspecified atom stereocenters. The third-order valence-electron chi connectivity index (χ3n) is 2.72. The summed E-state index contributed by atoms with van der Waals surface area (Å²) in [6, 6.07) is 9.85. The van der Waals surface area contributed by atoms with E-state index < -0.39 is 12.4 Å². The van der Waals surface area contributed by atoms with Gasteiger partial charge in [-0.2, -0.15) is 0 Å². The fourth-order valence-electron chi connectivity index (χ4n) is 1.64. The second-order valence-corrected chi connectivity index (χ2v) is 3.96. The lowest BCUT2D eigenvalue weighted by atomic mass is 10.0. The van der Waals surface area contributed by atoms with E-state index >= 15 is 0 Å². The van der Waals surface area contributed by atoms with Crippen molar-refractivity contribution in [2.45, 2.75) is 19.3 Å². The van der Waals surface area contributed by atoms with Gasteiger partial charge in [-0.15, -0.1) is 0 Å². The Morgan fingerprint density at radius 2 is 1.71 bits per heavy atom. The molecular formula is C14H20O3. The van der Waals surface area contributed by atoms with Crippen LogP contribution in [0.4, 0.5) is 0 Å². The maximum Gasteiger partial charge on any atom is 0.162 e. The Morgan fingerprint density at radius 1 is 1.12 bits per heavy atom. The van der Waals surface area contributed by atoms with Crippen molar-refractivity contribution in [3.05, 3.63) is 42.0 Å². The molecule has 0 aromatic heterocycles. The highest BCUT2D eigenvalue weighted by atomic mass is 16.7. The molecule has 17 heavy (non-hydrogen) atoms. The fourth-order valence-corrected chi connectivity index (χ4v) is 1.64. The van der Waals surface area contributed by atoms with Crippen molar-refractivity contribution in [2.75, 3.05) is 14.2 Å². The van der Waals surface area contributed by atoms with E-state index in [0.29, 0.717) is 0 Å². The normalized spacial score (nSPS) is 15.4. The summed E-state index contributed by atoms with van der Waals surface area (Å²) in [7, 11) is 3.14. The van der Waals surface area contributed by atoms with Crippen molar-refractivity contribution in [2.24, 2.45) is 5.92 Å². The minimum Gasteiger partial charge on any atom is -0.389 e. The molecule has 3 nitrogen and oxygen atoms in total. The lowest BCUT2D eigenvalue weighted by Crippen LogP contribution is -2.31. The van der Waals surface area contributed by atoms with Gasteiger partial charge in [0.15, 0.2) is 6.29 Å². The van der Waals surface area contributed by atoms with Gasteiger partial charge in [-0.1, -0.05) is 49.4 Å². The third kappa shape index (κ3) is 4.30. The lowest BCUT2D eigenvalue weighted by molar-refractivity contribution is -0.149. The maximum atomic E-state index is 9.96. The van der Waals surface area contributed by atoms with Gasteiger partial charge < -0.3 is 14.6 Å². The van der Waals surface area contributed by atoms with Crippen molar-refractivity contribution in [1.82, 2.24) is 0 Å². The van der Waals surface area contributed by atoms with Crippen molar-refractivity contribution in [3.63, 3.8) is 0 Å². The first-order valence-electron chi connectivity index (χ1n) is 5.66. The van der Waals surface area contributed by atoms with E-state index in [4.69, 9.17) is 9.47 Å². The molecule has 0 amide bonds. The van der Waals surface area contributed by atoms with E-state index in [1.54, 1.807) is 20.3 Å². The predicted octanol–water partition coefficient (Wildman–Crippen LogP) is 2.32. The molecule has 0 spiro atoms. The Balaban J connectivity index is 2.59. The number of benzene rings is 1. The topological polar surface area (TPSA) is 38.7 Å². The van der Waals surface area contributed by atoms with Crippen LogP contribution in [0.15, 0.2) is 36.4 Å². The molecule has 3 heteroatoms. The molecule has 0 fully saturated rings. The number of rotatable bonds is 6. The molecule has 1 N–H and O–H groups in total. The molecule has 94 valence electrons. The third-order valence-corrected chi connectivity index (χ3v) is 2.72. The highest BCUT2D eigenvalue weighted by molar-refractivity contribution is 5.49. The van der Waals surface area contributed by atoms with Crippen molar-refractivity contribution in [3.8, 4) is 0 Å². The second kappa shape index (κ2) is 7.22. The monoisotopic (exact) mass is 236 g/mol. The summed E-state index contributed by atoms with van der Waals surface area (Å²) in [6.07, 6.45) is 2.65.